The van der Waals surface area contributed by atoms with Crippen molar-refractivity contribution in [3.8, 4) is 0 Å². The normalized spacial score (nSPS) is 11.4. The number of H-pyrrole nitrogens is 1. The van der Waals surface area contributed by atoms with E-state index in [-0.39, 0.29) is 11.9 Å². The summed E-state index contributed by atoms with van der Waals surface area (Å²) in [6.07, 6.45) is 0. The van der Waals surface area contributed by atoms with E-state index in [0.29, 0.717) is 16.6 Å². The van der Waals surface area contributed by atoms with Crippen LogP contribution in [0.1, 0.15) is 31.1 Å². The van der Waals surface area contributed by atoms with Crippen molar-refractivity contribution in [3.05, 3.63) is 23.8 Å². The molecule has 0 unspecified atom stereocenters. The van der Waals surface area contributed by atoms with Gasteiger partial charge in [-0.05, 0) is 39.0 Å². The number of hydroxylamine groups is 1. The molecule has 0 fully saturated rings. The first-order chi connectivity index (χ1) is 9.74. The average Bonchev–Trinajstić information content (AvgIpc) is 2.74. The minimum absolute atomic E-state index is 0.223. The van der Waals surface area contributed by atoms with Crippen molar-refractivity contribution in [2.24, 2.45) is 5.73 Å². The van der Waals surface area contributed by atoms with Crippen molar-refractivity contribution in [3.63, 3.8) is 0 Å². The molecule has 0 atom stereocenters. The van der Waals surface area contributed by atoms with Crippen molar-refractivity contribution in [2.75, 3.05) is 5.32 Å². The number of aromatic nitrogens is 2. The molecule has 0 aliphatic carbocycles. The molecule has 1 heterocycles. The number of hydrogen-bond acceptors (Lipinski definition) is 4. The van der Waals surface area contributed by atoms with Gasteiger partial charge >= 0.3 is 6.03 Å². The molecule has 0 saturated carbocycles. The van der Waals surface area contributed by atoms with Crippen LogP contribution in [0, 0.1) is 0 Å². The maximum absolute atomic E-state index is 12.0. The summed E-state index contributed by atoms with van der Waals surface area (Å²) in [6.45, 7) is 5.48. The molecule has 0 saturated heterocycles. The van der Waals surface area contributed by atoms with E-state index in [0.717, 1.165) is 0 Å². The standard InChI is InChI=1S/C13H17N5O3/c1-13(2,3)21-18-10(19)7-4-5-8-9(6-7)16-12(15-8)17-11(14)20/h4-6H,1-3H3,(H,18,19)(H4,14,15,16,17,20). The zero-order valence-corrected chi connectivity index (χ0v) is 12.0. The van der Waals surface area contributed by atoms with Crippen molar-refractivity contribution >= 4 is 28.9 Å². The Morgan fingerprint density at radius 2 is 2.05 bits per heavy atom. The Kier molecular flexibility index (Phi) is 3.81. The Balaban J connectivity index is 2.18. The summed E-state index contributed by atoms with van der Waals surface area (Å²) in [6, 6.07) is 4.16. The first-order valence-electron chi connectivity index (χ1n) is 6.29. The Bertz CT molecular complexity index is 687. The highest BCUT2D eigenvalue weighted by atomic mass is 16.7. The summed E-state index contributed by atoms with van der Waals surface area (Å²) in [5.41, 5.74) is 8.52. The number of fused-ring (bicyclic) bond motifs is 1. The molecular formula is C13H17N5O3. The molecule has 1 aromatic carbocycles. The van der Waals surface area contributed by atoms with Crippen molar-refractivity contribution in [1.82, 2.24) is 15.4 Å². The molecule has 2 rings (SSSR count). The van der Waals surface area contributed by atoms with Crippen LogP contribution in [0.15, 0.2) is 18.2 Å². The van der Waals surface area contributed by atoms with E-state index in [4.69, 9.17) is 10.6 Å². The van der Waals surface area contributed by atoms with Gasteiger partial charge in [-0.1, -0.05) is 0 Å². The number of carbonyl (C=O) groups is 2. The third kappa shape index (κ3) is 3.93. The minimum atomic E-state index is -0.717. The topological polar surface area (TPSA) is 122 Å². The third-order valence-corrected chi connectivity index (χ3v) is 2.44. The molecule has 2 aromatic rings. The molecule has 0 aliphatic rings. The monoisotopic (exact) mass is 291 g/mol. The number of nitrogens with zero attached hydrogens (tertiary/aromatic N) is 1. The smallest absolute Gasteiger partial charge is 0.318 e. The second-order valence-electron chi connectivity index (χ2n) is 5.45. The number of anilines is 1. The second-order valence-corrected chi connectivity index (χ2v) is 5.45. The minimum Gasteiger partial charge on any atom is -0.351 e. The lowest BCUT2D eigenvalue weighted by Gasteiger charge is -2.18. The van der Waals surface area contributed by atoms with E-state index < -0.39 is 11.6 Å². The van der Waals surface area contributed by atoms with E-state index in [1.807, 2.05) is 20.8 Å². The van der Waals surface area contributed by atoms with Crippen molar-refractivity contribution < 1.29 is 14.4 Å². The van der Waals surface area contributed by atoms with Crippen molar-refractivity contribution in [2.45, 2.75) is 26.4 Å². The molecule has 0 bridgehead atoms. The van der Waals surface area contributed by atoms with Crippen LogP contribution in [-0.2, 0) is 4.84 Å². The van der Waals surface area contributed by atoms with Gasteiger partial charge in [0.2, 0.25) is 5.95 Å². The Hall–Kier alpha value is -2.61. The number of nitrogens with two attached hydrogens (primary N) is 1. The Morgan fingerprint density at radius 3 is 2.67 bits per heavy atom. The molecule has 3 amide bonds. The highest BCUT2D eigenvalue weighted by Gasteiger charge is 2.15. The maximum Gasteiger partial charge on any atom is 0.318 e. The number of carbonyl (C=O) groups excluding carboxylic acids is 2. The van der Waals surface area contributed by atoms with Crippen LogP contribution in [0.25, 0.3) is 11.0 Å². The number of primary amides is 1. The van der Waals surface area contributed by atoms with Gasteiger partial charge in [-0.3, -0.25) is 14.9 Å². The zero-order valence-electron chi connectivity index (χ0n) is 12.0. The van der Waals surface area contributed by atoms with Crippen LogP contribution < -0.4 is 16.5 Å². The van der Waals surface area contributed by atoms with Gasteiger partial charge in [0.1, 0.15) is 0 Å². The summed E-state index contributed by atoms with van der Waals surface area (Å²) in [5.74, 6) is -0.146. The molecule has 8 heteroatoms. The number of rotatable bonds is 3. The Morgan fingerprint density at radius 1 is 1.33 bits per heavy atom. The summed E-state index contributed by atoms with van der Waals surface area (Å²) in [5, 5.41) is 2.33. The predicted molar refractivity (Wildman–Crippen MR) is 77.6 cm³/mol. The van der Waals surface area contributed by atoms with E-state index in [1.165, 1.54) is 0 Å². The van der Waals surface area contributed by atoms with E-state index >= 15 is 0 Å². The van der Waals surface area contributed by atoms with E-state index in [2.05, 4.69) is 20.8 Å². The molecule has 8 nitrogen and oxygen atoms in total. The average molecular weight is 291 g/mol. The number of urea groups is 1. The van der Waals surface area contributed by atoms with Crippen LogP contribution in [0.3, 0.4) is 0 Å². The van der Waals surface area contributed by atoms with Gasteiger partial charge in [0.15, 0.2) is 0 Å². The van der Waals surface area contributed by atoms with Crippen LogP contribution in [-0.4, -0.2) is 27.5 Å². The first kappa shape index (κ1) is 14.8. The molecule has 1 aromatic heterocycles. The van der Waals surface area contributed by atoms with Crippen molar-refractivity contribution in [1.29, 1.82) is 0 Å². The fourth-order valence-electron chi connectivity index (χ4n) is 1.59. The molecule has 5 N–H and O–H groups in total. The predicted octanol–water partition coefficient (Wildman–Crippen LogP) is 1.51. The number of hydrogen-bond donors (Lipinski definition) is 4. The zero-order chi connectivity index (χ0) is 15.6. The SMILES string of the molecule is CC(C)(C)ONC(=O)c1ccc2nc(NC(N)=O)[nH]c2c1. The molecular weight excluding hydrogens is 274 g/mol. The second kappa shape index (κ2) is 5.41. The quantitative estimate of drug-likeness (QED) is 0.640. The largest absolute Gasteiger partial charge is 0.351 e. The van der Waals surface area contributed by atoms with Gasteiger partial charge in [0.25, 0.3) is 5.91 Å². The summed E-state index contributed by atoms with van der Waals surface area (Å²) in [7, 11) is 0. The number of imidazole rings is 1. The van der Waals surface area contributed by atoms with Gasteiger partial charge < -0.3 is 10.7 Å². The molecule has 21 heavy (non-hydrogen) atoms. The molecule has 112 valence electrons. The van der Waals surface area contributed by atoms with Crippen LogP contribution in [0.2, 0.25) is 0 Å². The van der Waals surface area contributed by atoms with Crippen LogP contribution in [0.5, 0.6) is 0 Å². The highest BCUT2D eigenvalue weighted by Crippen LogP contribution is 2.16. The fraction of sp³-hybridized carbons (Fsp3) is 0.308. The van der Waals surface area contributed by atoms with E-state index in [9.17, 15) is 9.59 Å². The molecule has 0 radical (unpaired) electrons. The maximum atomic E-state index is 12.0. The number of aromatic amines is 1. The Labute approximate surface area is 121 Å². The lowest BCUT2D eigenvalue weighted by Crippen LogP contribution is -2.33. The van der Waals surface area contributed by atoms with E-state index in [1.54, 1.807) is 18.2 Å². The number of benzene rings is 1. The van der Waals surface area contributed by atoms with Gasteiger partial charge in [-0.2, -0.15) is 0 Å². The summed E-state index contributed by atoms with van der Waals surface area (Å²) in [4.78, 5) is 34.9. The number of nitrogens with one attached hydrogen (secondary N) is 3. The highest BCUT2D eigenvalue weighted by molar-refractivity contribution is 5.97. The lowest BCUT2D eigenvalue weighted by atomic mass is 10.2. The fourth-order valence-corrected chi connectivity index (χ4v) is 1.59. The van der Waals surface area contributed by atoms with Gasteiger partial charge in [-0.25, -0.2) is 15.3 Å². The van der Waals surface area contributed by atoms with Gasteiger partial charge in [0.05, 0.1) is 16.6 Å². The molecule has 0 spiro atoms. The number of amides is 3. The van der Waals surface area contributed by atoms with Crippen LogP contribution in [0.4, 0.5) is 10.7 Å². The summed E-state index contributed by atoms with van der Waals surface area (Å²) < 4.78 is 0. The third-order valence-electron chi connectivity index (χ3n) is 2.44. The van der Waals surface area contributed by atoms with Crippen LogP contribution >= 0.6 is 0 Å². The first-order valence-corrected chi connectivity index (χ1v) is 6.29. The molecule has 0 aliphatic heterocycles. The summed E-state index contributed by atoms with van der Waals surface area (Å²) >= 11 is 0. The van der Waals surface area contributed by atoms with Gasteiger partial charge in [-0.15, -0.1) is 0 Å². The lowest BCUT2D eigenvalue weighted by molar-refractivity contribution is -0.0589. The van der Waals surface area contributed by atoms with Gasteiger partial charge in [0, 0.05) is 5.56 Å².